The number of likely N-dealkylation sites (tertiary alicyclic amines) is 1. The van der Waals surface area contributed by atoms with Crippen LogP contribution in [-0.4, -0.2) is 77.9 Å². The van der Waals surface area contributed by atoms with Crippen molar-refractivity contribution >= 4 is 64.7 Å². The molecule has 2 aliphatic heterocycles. The van der Waals surface area contributed by atoms with Gasteiger partial charge in [0.05, 0.1) is 38.3 Å². The van der Waals surface area contributed by atoms with Crippen molar-refractivity contribution in [3.8, 4) is 17.2 Å². The molecule has 0 bridgehead atoms. The van der Waals surface area contributed by atoms with E-state index in [9.17, 15) is 19.2 Å². The summed E-state index contributed by atoms with van der Waals surface area (Å²) in [6.07, 6.45) is 5.87. The molecule has 2 heterocycles. The summed E-state index contributed by atoms with van der Waals surface area (Å²) in [7, 11) is 4.55. The first kappa shape index (κ1) is 34.8. The highest BCUT2D eigenvalue weighted by atomic mass is 35.5. The smallest absolute Gasteiger partial charge is 0.253 e. The molecule has 51 heavy (non-hydrogen) atoms. The molecule has 0 radical (unpaired) electrons. The second kappa shape index (κ2) is 13.2. The molecule has 12 heteroatoms. The van der Waals surface area contributed by atoms with Gasteiger partial charge in [-0.05, 0) is 72.4 Å². The number of halogens is 2. The average molecular weight is 732 g/mol. The second-order valence-electron chi connectivity index (χ2n) is 13.2. The van der Waals surface area contributed by atoms with Gasteiger partial charge in [0.15, 0.2) is 9.75 Å². The normalized spacial score (nSPS) is 28.5. The Bertz CT molecular complexity index is 1980. The average Bonchev–Trinajstić information content (AvgIpc) is 3.48. The number of fused-ring (bicyclic) bond motifs is 4. The molecule has 3 aromatic rings. The summed E-state index contributed by atoms with van der Waals surface area (Å²) in [6, 6.07) is 19.5. The topological polar surface area (TPSA) is 123 Å². The Labute approximate surface area is 305 Å². The maximum Gasteiger partial charge on any atom is 0.253 e. The molecule has 4 amide bonds. The third-order valence-corrected chi connectivity index (χ3v) is 12.0. The van der Waals surface area contributed by atoms with Gasteiger partial charge in [-0.15, -0.1) is 23.2 Å². The van der Waals surface area contributed by atoms with Gasteiger partial charge in [-0.2, -0.15) is 0 Å². The standard InChI is InChI=1S/C39H36Cl2N2O8/c1-42-36(47)38(40)21-30-28(33(39(38,41)37(42)48)23-8-12-26(13-9-23)51-19-18-44)15-16-29-32(30)35(46)43(34(29)45)25-10-5-22(6-11-25)4-7-24-20-27(49-2)14-17-31(24)50-3/h4-15,17,20,29-30,32-33,44H,16,18-19,21H2,1-3H3. The number of aliphatic hydroxyl groups excluding tert-OH is 1. The Kier molecular flexibility index (Phi) is 8.98. The summed E-state index contributed by atoms with van der Waals surface area (Å²) >= 11 is 14.5. The minimum Gasteiger partial charge on any atom is -0.497 e. The van der Waals surface area contributed by atoms with E-state index in [2.05, 4.69) is 0 Å². The fourth-order valence-corrected chi connectivity index (χ4v) is 9.20. The number of carbonyl (C=O) groups is 4. The van der Waals surface area contributed by atoms with Gasteiger partial charge in [0.25, 0.3) is 11.8 Å². The van der Waals surface area contributed by atoms with Crippen LogP contribution in [0.5, 0.6) is 17.2 Å². The van der Waals surface area contributed by atoms with Crippen molar-refractivity contribution in [1.29, 1.82) is 0 Å². The highest BCUT2D eigenvalue weighted by Gasteiger charge is 2.75. The molecule has 3 fully saturated rings. The zero-order chi connectivity index (χ0) is 36.2. The van der Waals surface area contributed by atoms with E-state index < -0.39 is 45.2 Å². The Morgan fingerprint density at radius 1 is 0.863 bits per heavy atom. The van der Waals surface area contributed by atoms with Gasteiger partial charge in [0.1, 0.15) is 23.9 Å². The van der Waals surface area contributed by atoms with Crippen molar-refractivity contribution in [2.24, 2.45) is 17.8 Å². The number of rotatable bonds is 9. The first-order valence-corrected chi connectivity index (χ1v) is 17.4. The number of amides is 4. The molecular formula is C39H36Cl2N2O8. The van der Waals surface area contributed by atoms with Crippen LogP contribution in [0.4, 0.5) is 5.69 Å². The van der Waals surface area contributed by atoms with E-state index in [0.717, 1.165) is 16.0 Å². The molecular weight excluding hydrogens is 695 g/mol. The lowest BCUT2D eigenvalue weighted by Crippen LogP contribution is -2.60. The SMILES string of the molecule is COc1ccc(OC)c(C=Cc2ccc(N3C(=O)C4CC=C5C(CC6(Cl)C(=O)N(C)C(=O)C6(Cl)C5c5ccc(OCCO)cc5)C4C3=O)cc2)c1. The number of allylic oxidation sites excluding steroid dienone is 2. The maximum absolute atomic E-state index is 14.4. The van der Waals surface area contributed by atoms with E-state index in [-0.39, 0.29) is 37.9 Å². The number of carbonyl (C=O) groups excluding carboxylic acids is 4. The third-order valence-electron chi connectivity index (χ3n) is 10.6. The summed E-state index contributed by atoms with van der Waals surface area (Å²) in [4.78, 5) is 54.3. The Balaban J connectivity index is 1.21. The molecule has 2 saturated heterocycles. The van der Waals surface area contributed by atoms with E-state index >= 15 is 0 Å². The fraction of sp³-hybridized carbons (Fsp3) is 0.333. The lowest BCUT2D eigenvalue weighted by molar-refractivity contribution is -0.138. The van der Waals surface area contributed by atoms with Crippen LogP contribution in [0.3, 0.4) is 0 Å². The van der Waals surface area contributed by atoms with Gasteiger partial charge in [0, 0.05) is 18.5 Å². The molecule has 264 valence electrons. The Hall–Kier alpha value is -4.64. The molecule has 1 saturated carbocycles. The van der Waals surface area contributed by atoms with Crippen LogP contribution in [0, 0.1) is 17.8 Å². The predicted octanol–water partition coefficient (Wildman–Crippen LogP) is 5.44. The van der Waals surface area contributed by atoms with Crippen molar-refractivity contribution in [3.05, 3.63) is 95.1 Å². The summed E-state index contributed by atoms with van der Waals surface area (Å²) in [5, 5.41) is 9.17. The van der Waals surface area contributed by atoms with Crippen molar-refractivity contribution < 1.29 is 38.5 Å². The number of ether oxygens (including phenoxy) is 3. The number of alkyl halides is 2. The molecule has 1 N–H and O–H groups in total. The van der Waals surface area contributed by atoms with Crippen LogP contribution in [0.2, 0.25) is 0 Å². The zero-order valence-corrected chi connectivity index (χ0v) is 29.7. The number of anilines is 1. The number of nitrogens with zero attached hydrogens (tertiary/aromatic N) is 2. The summed E-state index contributed by atoms with van der Waals surface area (Å²) in [6.45, 7) is -0.0550. The van der Waals surface area contributed by atoms with Crippen LogP contribution in [0.1, 0.15) is 35.4 Å². The Morgan fingerprint density at radius 2 is 1.57 bits per heavy atom. The number of methoxy groups -OCH3 is 2. The van der Waals surface area contributed by atoms with Gasteiger partial charge < -0.3 is 19.3 Å². The van der Waals surface area contributed by atoms with Crippen molar-refractivity contribution in [2.75, 3.05) is 39.4 Å². The molecule has 0 aromatic heterocycles. The minimum atomic E-state index is -1.87. The van der Waals surface area contributed by atoms with Crippen LogP contribution in [0.25, 0.3) is 12.2 Å². The number of imide groups is 2. The lowest BCUT2D eigenvalue weighted by atomic mass is 9.56. The van der Waals surface area contributed by atoms with E-state index in [1.54, 1.807) is 50.6 Å². The number of hydrogen-bond acceptors (Lipinski definition) is 8. The van der Waals surface area contributed by atoms with Gasteiger partial charge in [-0.3, -0.25) is 29.0 Å². The first-order chi connectivity index (χ1) is 24.5. The summed E-state index contributed by atoms with van der Waals surface area (Å²) in [5.74, 6) is -3.08. The van der Waals surface area contributed by atoms with Crippen LogP contribution in [0.15, 0.2) is 78.4 Å². The van der Waals surface area contributed by atoms with Crippen molar-refractivity contribution in [3.63, 3.8) is 0 Å². The molecule has 4 aliphatic rings. The highest BCUT2D eigenvalue weighted by Crippen LogP contribution is 2.65. The van der Waals surface area contributed by atoms with E-state index in [1.807, 2.05) is 48.6 Å². The number of aliphatic hydroxyl groups is 1. The minimum absolute atomic E-state index is 0.0848. The quantitative estimate of drug-likeness (QED) is 0.134. The molecule has 3 aromatic carbocycles. The van der Waals surface area contributed by atoms with E-state index in [1.165, 1.54) is 11.9 Å². The van der Waals surface area contributed by atoms with Gasteiger partial charge in [0.2, 0.25) is 11.8 Å². The lowest BCUT2D eigenvalue weighted by Gasteiger charge is -2.50. The summed E-state index contributed by atoms with van der Waals surface area (Å²) in [5.41, 5.74) is 3.41. The van der Waals surface area contributed by atoms with Crippen LogP contribution in [-0.2, 0) is 19.2 Å². The largest absolute Gasteiger partial charge is 0.497 e. The Morgan fingerprint density at radius 3 is 2.24 bits per heavy atom. The van der Waals surface area contributed by atoms with Crippen LogP contribution >= 0.6 is 23.2 Å². The predicted molar refractivity (Wildman–Crippen MR) is 192 cm³/mol. The van der Waals surface area contributed by atoms with Crippen molar-refractivity contribution in [2.45, 2.75) is 28.5 Å². The molecule has 10 nitrogen and oxygen atoms in total. The number of benzene rings is 3. The van der Waals surface area contributed by atoms with Gasteiger partial charge >= 0.3 is 0 Å². The summed E-state index contributed by atoms with van der Waals surface area (Å²) < 4.78 is 16.3. The van der Waals surface area contributed by atoms with Gasteiger partial charge in [-0.1, -0.05) is 48.1 Å². The molecule has 0 spiro atoms. The zero-order valence-electron chi connectivity index (χ0n) is 28.2. The fourth-order valence-electron chi connectivity index (χ4n) is 8.18. The second-order valence-corrected chi connectivity index (χ2v) is 14.4. The maximum atomic E-state index is 14.4. The number of hydrogen-bond donors (Lipinski definition) is 1. The van der Waals surface area contributed by atoms with E-state index in [4.69, 9.17) is 42.5 Å². The van der Waals surface area contributed by atoms with Crippen LogP contribution < -0.4 is 19.1 Å². The van der Waals surface area contributed by atoms with Gasteiger partial charge in [-0.25, -0.2) is 0 Å². The molecule has 6 unspecified atom stereocenters. The molecule has 6 atom stereocenters. The molecule has 7 rings (SSSR count). The highest BCUT2D eigenvalue weighted by molar-refractivity contribution is 6.53. The molecule has 2 aliphatic carbocycles. The monoisotopic (exact) mass is 730 g/mol. The van der Waals surface area contributed by atoms with E-state index in [0.29, 0.717) is 34.1 Å². The third kappa shape index (κ3) is 5.34. The first-order valence-electron chi connectivity index (χ1n) is 16.6. The van der Waals surface area contributed by atoms with Crippen molar-refractivity contribution in [1.82, 2.24) is 4.90 Å².